The molecule has 0 unspecified atom stereocenters. The summed E-state index contributed by atoms with van der Waals surface area (Å²) in [7, 11) is 5.73. The molecule has 0 bridgehead atoms. The second-order valence-corrected chi connectivity index (χ2v) is 4.34. The van der Waals surface area contributed by atoms with Crippen molar-refractivity contribution in [1.82, 2.24) is 0 Å². The Hall–Kier alpha value is -0.501. The Morgan fingerprint density at radius 3 is 2.85 bits per heavy atom. The number of esters is 1. The summed E-state index contributed by atoms with van der Waals surface area (Å²) in [6.07, 6.45) is 0. The third-order valence-electron chi connectivity index (χ3n) is 1.47. The molecular weight excluding hydrogens is 255 g/mol. The predicted molar refractivity (Wildman–Crippen MR) is 53.6 cm³/mol. The van der Waals surface area contributed by atoms with Crippen LogP contribution in [0.25, 0.3) is 0 Å². The summed E-state index contributed by atoms with van der Waals surface area (Å²) in [5, 5.41) is 0. The molecule has 1 aromatic rings. The molecule has 0 radical (unpaired) electrons. The van der Waals surface area contributed by atoms with Gasteiger partial charge in [0.1, 0.15) is 0 Å². The van der Waals surface area contributed by atoms with Crippen LogP contribution in [0.5, 0.6) is 0 Å². The second kappa shape index (κ2) is 5.28. The molecule has 0 aliphatic rings. The fraction of sp³-hybridized carbons (Fsp3) is 0.222. The molecule has 70 valence electrons. The molecule has 0 aromatic heterocycles. The van der Waals surface area contributed by atoms with E-state index >= 15 is 0 Å². The van der Waals surface area contributed by atoms with E-state index in [4.69, 9.17) is 14.8 Å². The van der Waals surface area contributed by atoms with Gasteiger partial charge in [0.2, 0.25) is 0 Å². The number of carbonyl (C=O) groups excluding carboxylic acids is 1. The maximum absolute atomic E-state index is 11.4. The van der Waals surface area contributed by atoms with Gasteiger partial charge in [-0.15, -0.1) is 0 Å². The minimum absolute atomic E-state index is 0.191. The fourth-order valence-electron chi connectivity index (χ4n) is 0.911. The van der Waals surface area contributed by atoms with E-state index in [2.05, 4.69) is 0 Å². The van der Waals surface area contributed by atoms with E-state index in [1.807, 2.05) is 12.1 Å². The minimum atomic E-state index is -0.291. The molecule has 0 spiro atoms. The van der Waals surface area contributed by atoms with E-state index in [9.17, 15) is 4.79 Å². The van der Waals surface area contributed by atoms with Crippen LogP contribution in [0.3, 0.4) is 0 Å². The van der Waals surface area contributed by atoms with Crippen LogP contribution in [0.15, 0.2) is 24.3 Å². The number of halogens is 1. The van der Waals surface area contributed by atoms with Gasteiger partial charge in [-0.2, -0.15) is 0 Å². The second-order valence-electron chi connectivity index (χ2n) is 2.29. The Kier molecular flexibility index (Phi) is 4.29. The van der Waals surface area contributed by atoms with E-state index in [0.29, 0.717) is 12.2 Å². The van der Waals surface area contributed by atoms with Crippen molar-refractivity contribution in [2.24, 2.45) is 0 Å². The summed E-state index contributed by atoms with van der Waals surface area (Å²) in [5.74, 6) is -0.291. The van der Waals surface area contributed by atoms with Crippen LogP contribution >= 0.6 is 10.1 Å². The number of hydrogen-bond acceptors (Lipinski definition) is 2. The monoisotopic (exact) mass is 264 g/mol. The fourth-order valence-corrected chi connectivity index (χ4v) is 2.38. The van der Waals surface area contributed by atoms with Gasteiger partial charge in [-0.1, -0.05) is 0 Å². The maximum atomic E-state index is 11.4. The average Bonchev–Trinajstić information content (AvgIpc) is 2.18. The van der Waals surface area contributed by atoms with Gasteiger partial charge >= 0.3 is 87.5 Å². The molecule has 1 aromatic carbocycles. The van der Waals surface area contributed by atoms with Crippen molar-refractivity contribution < 1.29 is 9.53 Å². The van der Waals surface area contributed by atoms with Crippen LogP contribution in [0.2, 0.25) is 0 Å². The molecule has 4 heteroatoms. The summed E-state index contributed by atoms with van der Waals surface area (Å²) in [6.45, 7) is 2.18. The average molecular weight is 264 g/mol. The van der Waals surface area contributed by atoms with Crippen molar-refractivity contribution in [3.63, 3.8) is 0 Å². The zero-order valence-electron chi connectivity index (χ0n) is 7.12. The first kappa shape index (κ1) is 10.6. The number of benzene rings is 1. The summed E-state index contributed by atoms with van der Waals surface area (Å²) < 4.78 is 5.75. The summed E-state index contributed by atoms with van der Waals surface area (Å²) in [4.78, 5) is 11.4. The first-order chi connectivity index (χ1) is 6.29. The van der Waals surface area contributed by atoms with Gasteiger partial charge in [-0.05, 0) is 0 Å². The molecule has 0 saturated carbocycles. The third-order valence-corrected chi connectivity index (χ3v) is 3.43. The summed E-state index contributed by atoms with van der Waals surface area (Å²) in [5.41, 5.74) is 0.583. The zero-order chi connectivity index (χ0) is 9.68. The molecule has 1 rings (SSSR count). The van der Waals surface area contributed by atoms with Gasteiger partial charge in [0.15, 0.2) is 0 Å². The molecule has 0 atom stereocenters. The molecule has 0 saturated heterocycles. The van der Waals surface area contributed by atoms with Crippen LogP contribution in [-0.4, -0.2) is 26.6 Å². The molecule has 0 heterocycles. The van der Waals surface area contributed by atoms with Gasteiger partial charge < -0.3 is 0 Å². The topological polar surface area (TPSA) is 26.3 Å². The van der Waals surface area contributed by atoms with Crippen LogP contribution in [0, 0.1) is 0 Å². The van der Waals surface area contributed by atoms with E-state index in [-0.39, 0.29) is 20.0 Å². The Bertz CT molecular complexity index is 301. The van der Waals surface area contributed by atoms with Crippen molar-refractivity contribution in [3.8, 4) is 0 Å². The molecule has 0 N–H and O–H groups in total. The van der Waals surface area contributed by atoms with Gasteiger partial charge in [-0.25, -0.2) is 0 Å². The number of hydrogen-bond donors (Lipinski definition) is 0. The number of carbonyl (C=O) groups is 1. The molecule has 2 nitrogen and oxygen atoms in total. The van der Waals surface area contributed by atoms with E-state index in [0.717, 1.165) is 4.46 Å². The normalized spacial score (nSPS) is 9.69. The third kappa shape index (κ3) is 2.73. The van der Waals surface area contributed by atoms with E-state index in [1.165, 1.54) is 0 Å². The van der Waals surface area contributed by atoms with Crippen molar-refractivity contribution in [2.45, 2.75) is 6.92 Å². The van der Waals surface area contributed by atoms with Crippen LogP contribution < -0.4 is 4.46 Å². The predicted octanol–water partition coefficient (Wildman–Crippen LogP) is 1.35. The molecule has 0 fully saturated rings. The number of ether oxygens (including phenoxy) is 1. The van der Waals surface area contributed by atoms with Gasteiger partial charge in [0.05, 0.1) is 0 Å². The Morgan fingerprint density at radius 2 is 2.23 bits per heavy atom. The SMILES string of the molecule is CCOC(=O)c1ccccc1[Se]Cl. The van der Waals surface area contributed by atoms with E-state index in [1.54, 1.807) is 19.1 Å². The van der Waals surface area contributed by atoms with Crippen LogP contribution in [0.4, 0.5) is 0 Å². The van der Waals surface area contributed by atoms with Crippen molar-refractivity contribution in [1.29, 1.82) is 0 Å². The first-order valence-corrected chi connectivity index (χ1v) is 6.95. The van der Waals surface area contributed by atoms with Crippen molar-refractivity contribution in [2.75, 3.05) is 6.61 Å². The van der Waals surface area contributed by atoms with Gasteiger partial charge in [-0.3, -0.25) is 0 Å². The first-order valence-electron chi connectivity index (χ1n) is 3.84. The summed E-state index contributed by atoms with van der Waals surface area (Å²) >= 11 is -0.191. The number of rotatable bonds is 3. The molecular formula is C9H9ClO2Se. The zero-order valence-corrected chi connectivity index (χ0v) is 9.59. The quantitative estimate of drug-likeness (QED) is 0.608. The van der Waals surface area contributed by atoms with E-state index < -0.39 is 0 Å². The summed E-state index contributed by atoms with van der Waals surface area (Å²) in [6, 6.07) is 7.25. The Balaban J connectivity index is 2.92. The van der Waals surface area contributed by atoms with Crippen molar-refractivity contribution in [3.05, 3.63) is 29.8 Å². The van der Waals surface area contributed by atoms with Crippen LogP contribution in [0.1, 0.15) is 17.3 Å². The molecule has 13 heavy (non-hydrogen) atoms. The van der Waals surface area contributed by atoms with Crippen LogP contribution in [-0.2, 0) is 4.74 Å². The van der Waals surface area contributed by atoms with Gasteiger partial charge in [0, 0.05) is 0 Å². The molecule has 0 aliphatic carbocycles. The van der Waals surface area contributed by atoms with Crippen molar-refractivity contribution >= 4 is 34.6 Å². The molecule has 0 aliphatic heterocycles. The standard InChI is InChI=1S/C9H9ClO2Se/c1-2-12-9(11)7-5-3-4-6-8(7)13-10/h3-6H,2H2,1H3. The Labute approximate surface area is 87.6 Å². The Morgan fingerprint density at radius 1 is 1.54 bits per heavy atom. The van der Waals surface area contributed by atoms with Gasteiger partial charge in [0.25, 0.3) is 0 Å². The molecule has 0 amide bonds.